The Morgan fingerprint density at radius 2 is 1.89 bits per heavy atom. The predicted molar refractivity (Wildman–Crippen MR) is 69.7 cm³/mol. The number of benzene rings is 1. The van der Waals surface area contributed by atoms with Crippen molar-refractivity contribution in [2.75, 3.05) is 14.2 Å². The van der Waals surface area contributed by atoms with E-state index in [0.29, 0.717) is 22.8 Å². The van der Waals surface area contributed by atoms with Gasteiger partial charge in [-0.15, -0.1) is 0 Å². The van der Waals surface area contributed by atoms with Crippen molar-refractivity contribution in [1.29, 1.82) is 0 Å². The molecule has 0 fully saturated rings. The van der Waals surface area contributed by atoms with Gasteiger partial charge in [-0.05, 0) is 30.3 Å². The Morgan fingerprint density at radius 1 is 1.16 bits per heavy atom. The first-order chi connectivity index (χ1) is 9.17. The quantitative estimate of drug-likeness (QED) is 0.913. The monoisotopic (exact) mass is 259 g/mol. The third-order valence-corrected chi connectivity index (χ3v) is 2.69. The van der Waals surface area contributed by atoms with Crippen LogP contribution in [0.4, 0.5) is 0 Å². The fourth-order valence-corrected chi connectivity index (χ4v) is 1.78. The highest BCUT2D eigenvalue weighted by Crippen LogP contribution is 2.35. The molecule has 1 aromatic carbocycles. The summed E-state index contributed by atoms with van der Waals surface area (Å²) in [5.74, 6) is 0.101. The number of hydrogen-bond donors (Lipinski definition) is 1. The number of aromatic carboxylic acids is 1. The van der Waals surface area contributed by atoms with Crippen LogP contribution in [0.3, 0.4) is 0 Å². The van der Waals surface area contributed by atoms with Crippen LogP contribution in [-0.4, -0.2) is 30.3 Å². The molecular weight excluding hydrogens is 246 g/mol. The highest BCUT2D eigenvalue weighted by Gasteiger charge is 2.15. The zero-order valence-electron chi connectivity index (χ0n) is 10.6. The van der Waals surface area contributed by atoms with Gasteiger partial charge in [0.2, 0.25) is 0 Å². The van der Waals surface area contributed by atoms with Crippen molar-refractivity contribution in [1.82, 2.24) is 4.98 Å². The number of carbonyl (C=O) groups is 1. The fraction of sp³-hybridized carbons (Fsp3) is 0.143. The van der Waals surface area contributed by atoms with Crippen molar-refractivity contribution >= 4 is 5.97 Å². The van der Waals surface area contributed by atoms with E-state index in [2.05, 4.69) is 4.98 Å². The molecule has 0 aliphatic rings. The Bertz CT molecular complexity index is 610. The van der Waals surface area contributed by atoms with Gasteiger partial charge in [0.25, 0.3) is 0 Å². The number of hydrogen-bond acceptors (Lipinski definition) is 4. The van der Waals surface area contributed by atoms with E-state index in [1.54, 1.807) is 24.4 Å². The van der Waals surface area contributed by atoms with Crippen LogP contribution >= 0.6 is 0 Å². The van der Waals surface area contributed by atoms with E-state index in [0.717, 1.165) is 0 Å². The molecule has 2 aromatic rings. The molecule has 0 aliphatic heterocycles. The maximum absolute atomic E-state index is 11.0. The molecule has 0 radical (unpaired) electrons. The van der Waals surface area contributed by atoms with Crippen LogP contribution < -0.4 is 9.47 Å². The van der Waals surface area contributed by atoms with Crippen LogP contribution in [0.5, 0.6) is 11.5 Å². The summed E-state index contributed by atoms with van der Waals surface area (Å²) in [5.41, 5.74) is 1.30. The van der Waals surface area contributed by atoms with Crippen molar-refractivity contribution in [2.45, 2.75) is 0 Å². The standard InChI is InChI=1S/C14H13NO4/c1-18-11-6-5-9(14(16)17)8-10(11)13-12(19-2)4-3-7-15-13/h3-8H,1-2H3,(H,16,17). The number of aromatic nitrogens is 1. The van der Waals surface area contributed by atoms with Crippen LogP contribution in [0.25, 0.3) is 11.3 Å². The smallest absolute Gasteiger partial charge is 0.335 e. The summed E-state index contributed by atoms with van der Waals surface area (Å²) in [4.78, 5) is 15.3. The van der Waals surface area contributed by atoms with Crippen molar-refractivity contribution < 1.29 is 19.4 Å². The van der Waals surface area contributed by atoms with Gasteiger partial charge in [0.1, 0.15) is 17.2 Å². The minimum absolute atomic E-state index is 0.170. The van der Waals surface area contributed by atoms with Gasteiger partial charge >= 0.3 is 5.97 Å². The van der Waals surface area contributed by atoms with E-state index >= 15 is 0 Å². The molecule has 0 amide bonds. The summed E-state index contributed by atoms with van der Waals surface area (Å²) in [6.45, 7) is 0. The molecule has 0 aliphatic carbocycles. The number of pyridine rings is 1. The van der Waals surface area contributed by atoms with Crippen LogP contribution in [0.1, 0.15) is 10.4 Å². The lowest BCUT2D eigenvalue weighted by atomic mass is 10.1. The van der Waals surface area contributed by atoms with Crippen molar-refractivity contribution in [3.63, 3.8) is 0 Å². The summed E-state index contributed by atoms with van der Waals surface area (Å²) >= 11 is 0. The molecule has 1 N–H and O–H groups in total. The molecule has 0 spiro atoms. The Balaban J connectivity index is 2.65. The third-order valence-electron chi connectivity index (χ3n) is 2.69. The van der Waals surface area contributed by atoms with Crippen molar-refractivity contribution in [2.24, 2.45) is 0 Å². The average molecular weight is 259 g/mol. The molecule has 19 heavy (non-hydrogen) atoms. The Morgan fingerprint density at radius 3 is 2.53 bits per heavy atom. The van der Waals surface area contributed by atoms with E-state index in [1.165, 1.54) is 26.4 Å². The lowest BCUT2D eigenvalue weighted by molar-refractivity contribution is 0.0697. The molecule has 1 heterocycles. The first kappa shape index (κ1) is 12.9. The maximum Gasteiger partial charge on any atom is 0.335 e. The van der Waals surface area contributed by atoms with E-state index in [9.17, 15) is 4.79 Å². The number of ether oxygens (including phenoxy) is 2. The topological polar surface area (TPSA) is 68.7 Å². The van der Waals surface area contributed by atoms with Gasteiger partial charge in [0, 0.05) is 11.8 Å². The van der Waals surface area contributed by atoms with Gasteiger partial charge in [-0.1, -0.05) is 0 Å². The molecule has 2 rings (SSSR count). The Kier molecular flexibility index (Phi) is 3.66. The molecule has 5 heteroatoms. The molecule has 0 saturated heterocycles. The molecule has 0 saturated carbocycles. The number of carboxylic acids is 1. The largest absolute Gasteiger partial charge is 0.496 e. The summed E-state index contributed by atoms with van der Waals surface area (Å²) in [7, 11) is 3.06. The first-order valence-corrected chi connectivity index (χ1v) is 5.58. The van der Waals surface area contributed by atoms with Crippen molar-refractivity contribution in [3.05, 3.63) is 42.1 Å². The predicted octanol–water partition coefficient (Wildman–Crippen LogP) is 2.46. The molecular formula is C14H13NO4. The minimum atomic E-state index is -1.00. The van der Waals surface area contributed by atoms with E-state index in [1.807, 2.05) is 0 Å². The Labute approximate surface area is 110 Å². The van der Waals surface area contributed by atoms with Crippen LogP contribution in [0, 0.1) is 0 Å². The summed E-state index contributed by atoms with van der Waals surface area (Å²) in [5, 5.41) is 9.05. The second-order valence-electron chi connectivity index (χ2n) is 3.77. The number of carboxylic acid groups (broad SMARTS) is 1. The van der Waals surface area contributed by atoms with Crippen molar-refractivity contribution in [3.8, 4) is 22.8 Å². The van der Waals surface area contributed by atoms with Gasteiger partial charge in [-0.25, -0.2) is 4.79 Å². The van der Waals surface area contributed by atoms with E-state index in [-0.39, 0.29) is 5.56 Å². The van der Waals surface area contributed by atoms with E-state index in [4.69, 9.17) is 14.6 Å². The van der Waals surface area contributed by atoms with Gasteiger partial charge in [0.15, 0.2) is 0 Å². The molecule has 98 valence electrons. The summed E-state index contributed by atoms with van der Waals surface area (Å²) in [6, 6.07) is 8.12. The zero-order valence-corrected chi connectivity index (χ0v) is 10.6. The van der Waals surface area contributed by atoms with Crippen LogP contribution in [0.2, 0.25) is 0 Å². The molecule has 0 unspecified atom stereocenters. The number of methoxy groups -OCH3 is 2. The maximum atomic E-state index is 11.0. The van der Waals surface area contributed by atoms with E-state index < -0.39 is 5.97 Å². The highest BCUT2D eigenvalue weighted by molar-refractivity contribution is 5.90. The number of rotatable bonds is 4. The zero-order chi connectivity index (χ0) is 13.8. The first-order valence-electron chi connectivity index (χ1n) is 5.58. The fourth-order valence-electron chi connectivity index (χ4n) is 1.78. The van der Waals surface area contributed by atoms with Gasteiger partial charge in [0.05, 0.1) is 19.8 Å². The third kappa shape index (κ3) is 2.49. The van der Waals surface area contributed by atoms with Gasteiger partial charge in [-0.3, -0.25) is 4.98 Å². The SMILES string of the molecule is COc1ccc(C(=O)O)cc1-c1ncccc1OC. The second-order valence-corrected chi connectivity index (χ2v) is 3.77. The Hall–Kier alpha value is -2.56. The summed E-state index contributed by atoms with van der Waals surface area (Å²) in [6.07, 6.45) is 1.62. The second kappa shape index (κ2) is 5.39. The lowest BCUT2D eigenvalue weighted by Crippen LogP contribution is -1.99. The van der Waals surface area contributed by atoms with Gasteiger partial charge in [-0.2, -0.15) is 0 Å². The van der Waals surface area contributed by atoms with Crippen LogP contribution in [-0.2, 0) is 0 Å². The molecule has 0 bridgehead atoms. The van der Waals surface area contributed by atoms with Crippen LogP contribution in [0.15, 0.2) is 36.5 Å². The minimum Gasteiger partial charge on any atom is -0.496 e. The van der Waals surface area contributed by atoms with Gasteiger partial charge < -0.3 is 14.6 Å². The molecule has 5 nitrogen and oxygen atoms in total. The average Bonchev–Trinajstić information content (AvgIpc) is 2.46. The number of nitrogens with zero attached hydrogens (tertiary/aromatic N) is 1. The summed E-state index contributed by atoms with van der Waals surface area (Å²) < 4.78 is 10.5. The highest BCUT2D eigenvalue weighted by atomic mass is 16.5. The normalized spacial score (nSPS) is 10.0. The lowest BCUT2D eigenvalue weighted by Gasteiger charge is -2.11. The molecule has 1 aromatic heterocycles. The molecule has 0 atom stereocenters.